The maximum absolute atomic E-state index is 12.9. The van der Waals surface area contributed by atoms with E-state index in [1.54, 1.807) is 6.26 Å². The van der Waals surface area contributed by atoms with Crippen molar-refractivity contribution in [3.63, 3.8) is 0 Å². The van der Waals surface area contributed by atoms with E-state index in [0.29, 0.717) is 11.4 Å². The number of carboxylic acids is 1. The molecule has 4 atom stereocenters. The van der Waals surface area contributed by atoms with Gasteiger partial charge in [-0.3, -0.25) is 19.2 Å². The van der Waals surface area contributed by atoms with Gasteiger partial charge in [0.25, 0.3) is 0 Å². The van der Waals surface area contributed by atoms with Gasteiger partial charge in [-0.1, -0.05) is 0 Å². The number of carboxylic acid groups (broad SMARTS) is 1. The van der Waals surface area contributed by atoms with Crippen molar-refractivity contribution in [2.75, 3.05) is 18.6 Å². The summed E-state index contributed by atoms with van der Waals surface area (Å²) in [5, 5.41) is 25.3. The summed E-state index contributed by atoms with van der Waals surface area (Å²) in [6.45, 7) is -0.851. The molecule has 0 radical (unpaired) electrons. The number of imidazole rings is 1. The van der Waals surface area contributed by atoms with Crippen molar-refractivity contribution in [2.45, 2.75) is 43.4 Å². The van der Waals surface area contributed by atoms with Gasteiger partial charge in [-0.25, -0.2) is 9.78 Å². The zero-order valence-corrected chi connectivity index (χ0v) is 18.8. The second kappa shape index (κ2) is 14.1. The first-order chi connectivity index (χ1) is 15.6. The molecule has 0 bridgehead atoms. The van der Waals surface area contributed by atoms with Crippen LogP contribution in [-0.2, 0) is 30.4 Å². The number of nitrogens with two attached hydrogens (primary N) is 2. The lowest BCUT2D eigenvalue weighted by molar-refractivity contribution is -0.143. The minimum atomic E-state index is -1.57. The Morgan fingerprint density at radius 2 is 1.70 bits per heavy atom. The minimum absolute atomic E-state index is 0.0697. The number of hydrogen-bond acceptors (Lipinski definition) is 9. The van der Waals surface area contributed by atoms with Gasteiger partial charge in [-0.05, 0) is 18.4 Å². The summed E-state index contributed by atoms with van der Waals surface area (Å²) in [4.78, 5) is 66.6. The maximum atomic E-state index is 12.9. The van der Waals surface area contributed by atoms with Crippen molar-refractivity contribution in [3.8, 4) is 0 Å². The second-order valence-corrected chi connectivity index (χ2v) is 8.03. The molecule has 0 spiro atoms. The molecular weight excluding hydrogens is 458 g/mol. The fourth-order valence-electron chi connectivity index (χ4n) is 2.65. The van der Waals surface area contributed by atoms with Gasteiger partial charge < -0.3 is 42.6 Å². The molecule has 184 valence electrons. The number of rotatable bonds is 15. The molecule has 10 N–H and O–H groups in total. The molecule has 0 saturated carbocycles. The number of primary amides is 1. The number of amides is 4. The number of thioether (sulfide) groups is 1. The predicted molar refractivity (Wildman–Crippen MR) is 118 cm³/mol. The van der Waals surface area contributed by atoms with E-state index in [4.69, 9.17) is 16.6 Å². The van der Waals surface area contributed by atoms with Crippen molar-refractivity contribution in [1.29, 1.82) is 0 Å². The van der Waals surface area contributed by atoms with Gasteiger partial charge in [0.2, 0.25) is 23.6 Å². The lowest BCUT2D eigenvalue weighted by Gasteiger charge is -2.24. The molecule has 1 heterocycles. The quantitative estimate of drug-likeness (QED) is 0.121. The average molecular weight is 488 g/mol. The highest BCUT2D eigenvalue weighted by atomic mass is 32.2. The van der Waals surface area contributed by atoms with E-state index in [1.807, 2.05) is 0 Å². The predicted octanol–water partition coefficient (Wildman–Crippen LogP) is -3.56. The lowest BCUT2D eigenvalue weighted by atomic mass is 10.1. The van der Waals surface area contributed by atoms with Crippen LogP contribution in [0.3, 0.4) is 0 Å². The maximum Gasteiger partial charge on any atom is 0.328 e. The molecule has 1 aromatic heterocycles. The summed E-state index contributed by atoms with van der Waals surface area (Å²) in [6, 6.07) is -5.16. The molecule has 0 saturated heterocycles. The van der Waals surface area contributed by atoms with Crippen LogP contribution in [0.15, 0.2) is 12.5 Å². The van der Waals surface area contributed by atoms with Crippen LogP contribution in [0.25, 0.3) is 0 Å². The summed E-state index contributed by atoms with van der Waals surface area (Å²) in [6.07, 6.45) is 4.29. The van der Waals surface area contributed by atoms with E-state index in [2.05, 4.69) is 25.9 Å². The largest absolute Gasteiger partial charge is 0.480 e. The van der Waals surface area contributed by atoms with Crippen LogP contribution in [0.4, 0.5) is 0 Å². The van der Waals surface area contributed by atoms with E-state index in [-0.39, 0.29) is 12.8 Å². The average Bonchev–Trinajstić information content (AvgIpc) is 3.26. The Bertz CT molecular complexity index is 821. The Labute approximate surface area is 193 Å². The topological polar surface area (TPSA) is 243 Å². The van der Waals surface area contributed by atoms with Gasteiger partial charge in [0, 0.05) is 18.3 Å². The summed E-state index contributed by atoms with van der Waals surface area (Å²) in [5.74, 6) is -4.11. The molecule has 0 aromatic carbocycles. The van der Waals surface area contributed by atoms with E-state index in [1.165, 1.54) is 24.3 Å². The molecule has 33 heavy (non-hydrogen) atoms. The van der Waals surface area contributed by atoms with Gasteiger partial charge in [-0.15, -0.1) is 0 Å². The van der Waals surface area contributed by atoms with Crippen LogP contribution in [0, 0.1) is 0 Å². The molecule has 1 rings (SSSR count). The molecule has 0 aliphatic heterocycles. The number of aromatic amines is 1. The molecule has 0 aliphatic rings. The van der Waals surface area contributed by atoms with Crippen LogP contribution in [0.5, 0.6) is 0 Å². The van der Waals surface area contributed by atoms with Crippen LogP contribution in [-0.4, -0.2) is 92.6 Å². The molecule has 0 fully saturated rings. The van der Waals surface area contributed by atoms with Crippen molar-refractivity contribution in [3.05, 3.63) is 18.2 Å². The first-order valence-electron chi connectivity index (χ1n) is 9.83. The Morgan fingerprint density at radius 1 is 1.09 bits per heavy atom. The van der Waals surface area contributed by atoms with Crippen LogP contribution < -0.4 is 27.4 Å². The number of carbonyl (C=O) groups is 5. The smallest absolute Gasteiger partial charge is 0.328 e. The first-order valence-corrected chi connectivity index (χ1v) is 11.2. The fourth-order valence-corrected chi connectivity index (χ4v) is 3.12. The molecule has 4 unspecified atom stereocenters. The molecule has 15 heteroatoms. The van der Waals surface area contributed by atoms with Crippen LogP contribution >= 0.6 is 11.8 Å². The summed E-state index contributed by atoms with van der Waals surface area (Å²) < 4.78 is 0. The fraction of sp³-hybridized carbons (Fsp3) is 0.556. The molecule has 0 aliphatic carbocycles. The number of nitrogens with zero attached hydrogens (tertiary/aromatic N) is 1. The first kappa shape index (κ1) is 27.9. The Balaban J connectivity index is 3.00. The number of nitrogens with one attached hydrogen (secondary N) is 4. The number of aliphatic hydroxyl groups is 1. The van der Waals surface area contributed by atoms with Gasteiger partial charge in [0.1, 0.15) is 18.1 Å². The normalized spacial score (nSPS) is 14.4. The standard InChI is InChI=1S/C18H29N7O7S/c1-33-3-2-11(23-15(28)10(19)5-14(20)27)16(29)24-12(4-9-6-21-8-22-9)17(30)25-13(7-26)18(31)32/h6,8,10-13,26H,2-5,7,19H2,1H3,(H2,20,27)(H,21,22)(H,23,28)(H,24,29)(H,25,30)(H,31,32). The third-order valence-electron chi connectivity index (χ3n) is 4.41. The minimum Gasteiger partial charge on any atom is -0.480 e. The van der Waals surface area contributed by atoms with Gasteiger partial charge in [-0.2, -0.15) is 11.8 Å². The molecule has 4 amide bonds. The van der Waals surface area contributed by atoms with E-state index in [0.717, 1.165) is 0 Å². The zero-order chi connectivity index (χ0) is 25.0. The van der Waals surface area contributed by atoms with E-state index in [9.17, 15) is 29.1 Å². The highest BCUT2D eigenvalue weighted by Gasteiger charge is 2.30. The summed E-state index contributed by atoms with van der Waals surface area (Å²) >= 11 is 1.41. The molecule has 1 aromatic rings. The van der Waals surface area contributed by atoms with Crippen LogP contribution in [0.2, 0.25) is 0 Å². The number of aromatic nitrogens is 2. The summed E-state index contributed by atoms with van der Waals surface area (Å²) in [5.41, 5.74) is 11.1. The van der Waals surface area contributed by atoms with Gasteiger partial charge >= 0.3 is 5.97 Å². The lowest BCUT2D eigenvalue weighted by Crippen LogP contribution is -2.58. The Morgan fingerprint density at radius 3 is 2.21 bits per heavy atom. The second-order valence-electron chi connectivity index (χ2n) is 7.04. The Kier molecular flexibility index (Phi) is 11.9. The zero-order valence-electron chi connectivity index (χ0n) is 17.9. The number of H-pyrrole nitrogens is 1. The van der Waals surface area contributed by atoms with Crippen molar-refractivity contribution in [2.24, 2.45) is 11.5 Å². The third kappa shape index (κ3) is 9.88. The molecular formula is C18H29N7O7S. The van der Waals surface area contributed by atoms with Crippen LogP contribution in [0.1, 0.15) is 18.5 Å². The van der Waals surface area contributed by atoms with Crippen molar-refractivity contribution < 1.29 is 34.2 Å². The number of aliphatic hydroxyl groups excluding tert-OH is 1. The number of carbonyl (C=O) groups excluding carboxylic acids is 4. The molecule has 14 nitrogen and oxygen atoms in total. The highest BCUT2D eigenvalue weighted by molar-refractivity contribution is 7.98. The SMILES string of the molecule is CSCCC(NC(=O)C(N)CC(N)=O)C(=O)NC(Cc1cnc[nH]1)C(=O)NC(CO)C(=O)O. The van der Waals surface area contributed by atoms with Gasteiger partial charge in [0.15, 0.2) is 0 Å². The monoisotopic (exact) mass is 487 g/mol. The highest BCUT2D eigenvalue weighted by Crippen LogP contribution is 2.05. The van der Waals surface area contributed by atoms with Crippen molar-refractivity contribution in [1.82, 2.24) is 25.9 Å². The van der Waals surface area contributed by atoms with Crippen molar-refractivity contribution >= 4 is 41.4 Å². The summed E-state index contributed by atoms with van der Waals surface area (Å²) in [7, 11) is 0. The van der Waals surface area contributed by atoms with E-state index >= 15 is 0 Å². The number of aliphatic carboxylic acids is 1. The third-order valence-corrected chi connectivity index (χ3v) is 5.05. The number of hydrogen-bond donors (Lipinski definition) is 8. The van der Waals surface area contributed by atoms with E-state index < -0.39 is 66.8 Å². The Hall–Kier alpha value is -3.17. The van der Waals surface area contributed by atoms with Gasteiger partial charge in [0.05, 0.1) is 25.4 Å².